The Kier molecular flexibility index (Phi) is 4.75. The van der Waals surface area contributed by atoms with Crippen LogP contribution in [0.1, 0.15) is 33.9 Å². The van der Waals surface area contributed by atoms with Crippen molar-refractivity contribution in [3.8, 4) is 16.2 Å². The van der Waals surface area contributed by atoms with Crippen LogP contribution in [0.3, 0.4) is 0 Å². The van der Waals surface area contributed by atoms with Crippen LogP contribution in [-0.4, -0.2) is 11.1 Å². The number of ether oxygens (including phenoxy) is 1. The van der Waals surface area contributed by atoms with Gasteiger partial charge in [-0.1, -0.05) is 36.4 Å². The van der Waals surface area contributed by atoms with Crippen LogP contribution in [0.4, 0.5) is 0 Å². The Hall–Kier alpha value is -2.59. The van der Waals surface area contributed by atoms with Crippen LogP contribution in [-0.2, 0) is 11.4 Å². The van der Waals surface area contributed by atoms with E-state index in [1.807, 2.05) is 12.1 Å². The lowest BCUT2D eigenvalue weighted by molar-refractivity contribution is -0.138. The molecule has 1 aliphatic rings. The molecule has 1 saturated carbocycles. The van der Waals surface area contributed by atoms with Gasteiger partial charge in [0, 0.05) is 10.8 Å². The topological polar surface area (TPSA) is 46.5 Å². The second-order valence-electron chi connectivity index (χ2n) is 7.20. The summed E-state index contributed by atoms with van der Waals surface area (Å²) in [6, 6.07) is 18.8. The minimum Gasteiger partial charge on any atom is -0.481 e. The van der Waals surface area contributed by atoms with Gasteiger partial charge in [0.1, 0.15) is 6.61 Å². The van der Waals surface area contributed by atoms with Crippen molar-refractivity contribution in [3.05, 3.63) is 76.2 Å². The van der Waals surface area contributed by atoms with Crippen molar-refractivity contribution >= 4 is 17.3 Å². The maximum Gasteiger partial charge on any atom is 0.307 e. The Morgan fingerprint density at radius 3 is 2.56 bits per heavy atom. The molecule has 0 amide bonds. The number of hydrogen-bond acceptors (Lipinski definition) is 3. The van der Waals surface area contributed by atoms with Gasteiger partial charge in [0.05, 0.1) is 5.92 Å². The number of benzene rings is 2. The molecule has 3 nitrogen and oxygen atoms in total. The molecule has 2 atom stereocenters. The lowest BCUT2D eigenvalue weighted by atomic mass is 9.95. The van der Waals surface area contributed by atoms with Gasteiger partial charge in [-0.15, -0.1) is 11.3 Å². The van der Waals surface area contributed by atoms with Gasteiger partial charge in [0.25, 0.3) is 0 Å². The predicted molar refractivity (Wildman–Crippen MR) is 108 cm³/mol. The maximum atomic E-state index is 11.0. The van der Waals surface area contributed by atoms with E-state index in [-0.39, 0.29) is 11.8 Å². The molecule has 0 radical (unpaired) electrons. The number of aryl methyl sites for hydroxylation is 2. The summed E-state index contributed by atoms with van der Waals surface area (Å²) in [7, 11) is 0. The Morgan fingerprint density at radius 2 is 1.85 bits per heavy atom. The quantitative estimate of drug-likeness (QED) is 0.590. The van der Waals surface area contributed by atoms with Gasteiger partial charge in [-0.2, -0.15) is 0 Å². The summed E-state index contributed by atoms with van der Waals surface area (Å²) in [5.41, 5.74) is 6.16. The first-order valence-electron chi connectivity index (χ1n) is 9.14. The molecule has 4 heteroatoms. The number of carboxylic acid groups (broad SMARTS) is 1. The van der Waals surface area contributed by atoms with Crippen LogP contribution in [0.2, 0.25) is 0 Å². The molecular weight excluding hydrogens is 356 g/mol. The molecule has 0 bridgehead atoms. The number of aliphatic carboxylic acids is 1. The third-order valence-corrected chi connectivity index (χ3v) is 6.28. The monoisotopic (exact) mass is 378 g/mol. The normalized spacial score (nSPS) is 18.3. The van der Waals surface area contributed by atoms with Crippen LogP contribution in [0, 0.1) is 19.8 Å². The molecule has 1 aromatic heterocycles. The van der Waals surface area contributed by atoms with Crippen LogP contribution < -0.4 is 4.74 Å². The summed E-state index contributed by atoms with van der Waals surface area (Å²) in [5.74, 6) is -0.748. The summed E-state index contributed by atoms with van der Waals surface area (Å²) in [5, 5.41) is 9.92. The van der Waals surface area contributed by atoms with Gasteiger partial charge in [-0.25, -0.2) is 0 Å². The molecule has 1 aliphatic carbocycles. The minimum absolute atomic E-state index is 0.164. The van der Waals surface area contributed by atoms with E-state index in [9.17, 15) is 4.79 Å². The maximum absolute atomic E-state index is 11.0. The fraction of sp³-hybridized carbons (Fsp3) is 0.261. The van der Waals surface area contributed by atoms with Crippen LogP contribution in [0.15, 0.2) is 54.6 Å². The van der Waals surface area contributed by atoms with Crippen molar-refractivity contribution in [2.24, 2.45) is 5.92 Å². The lowest BCUT2D eigenvalue weighted by Gasteiger charge is -2.11. The fourth-order valence-corrected chi connectivity index (χ4v) is 4.67. The van der Waals surface area contributed by atoms with E-state index in [1.165, 1.54) is 22.3 Å². The largest absolute Gasteiger partial charge is 0.481 e. The summed E-state index contributed by atoms with van der Waals surface area (Å²) in [6.45, 7) is 4.79. The van der Waals surface area contributed by atoms with E-state index < -0.39 is 5.97 Å². The van der Waals surface area contributed by atoms with Crippen molar-refractivity contribution in [2.45, 2.75) is 32.8 Å². The average molecular weight is 378 g/mol. The summed E-state index contributed by atoms with van der Waals surface area (Å²) in [6.07, 6.45) is 0.743. The van der Waals surface area contributed by atoms with E-state index in [2.05, 4.69) is 56.3 Å². The van der Waals surface area contributed by atoms with E-state index in [0.717, 1.165) is 21.9 Å². The number of carbonyl (C=O) groups is 1. The molecular formula is C23H22O3S. The molecule has 1 heterocycles. The van der Waals surface area contributed by atoms with E-state index >= 15 is 0 Å². The van der Waals surface area contributed by atoms with Gasteiger partial charge in [-0.05, 0) is 66.3 Å². The highest BCUT2D eigenvalue weighted by atomic mass is 32.1. The first kappa shape index (κ1) is 17.8. The third-order valence-electron chi connectivity index (χ3n) is 5.15. The zero-order chi connectivity index (χ0) is 19.0. The van der Waals surface area contributed by atoms with Gasteiger partial charge in [-0.3, -0.25) is 4.79 Å². The van der Waals surface area contributed by atoms with Crippen LogP contribution in [0.5, 0.6) is 5.06 Å². The summed E-state index contributed by atoms with van der Waals surface area (Å²) in [4.78, 5) is 12.1. The Bertz CT molecular complexity index is 969. The molecule has 0 saturated heterocycles. The highest BCUT2D eigenvalue weighted by Crippen LogP contribution is 2.50. The van der Waals surface area contributed by atoms with Crippen LogP contribution in [0.25, 0.3) is 11.1 Å². The molecule has 27 heavy (non-hydrogen) atoms. The number of thiophene rings is 1. The molecule has 138 valence electrons. The lowest BCUT2D eigenvalue weighted by Crippen LogP contribution is -1.97. The van der Waals surface area contributed by atoms with Crippen LogP contribution >= 0.6 is 11.3 Å². The van der Waals surface area contributed by atoms with Crippen molar-refractivity contribution in [2.75, 3.05) is 0 Å². The third kappa shape index (κ3) is 3.76. The first-order chi connectivity index (χ1) is 13.0. The highest BCUT2D eigenvalue weighted by Gasteiger charge is 2.45. The number of hydrogen-bond donors (Lipinski definition) is 1. The Morgan fingerprint density at radius 1 is 1.11 bits per heavy atom. The molecule has 4 rings (SSSR count). The van der Waals surface area contributed by atoms with Crippen molar-refractivity contribution in [3.63, 3.8) is 0 Å². The van der Waals surface area contributed by atoms with E-state index in [0.29, 0.717) is 6.61 Å². The summed E-state index contributed by atoms with van der Waals surface area (Å²) >= 11 is 1.56. The fourth-order valence-electron chi connectivity index (χ4n) is 3.63. The Balaban J connectivity index is 1.45. The van der Waals surface area contributed by atoms with Gasteiger partial charge < -0.3 is 9.84 Å². The van der Waals surface area contributed by atoms with Gasteiger partial charge >= 0.3 is 5.97 Å². The predicted octanol–water partition coefficient (Wildman–Crippen LogP) is 5.80. The van der Waals surface area contributed by atoms with E-state index in [4.69, 9.17) is 9.84 Å². The SMILES string of the molecule is Cc1cccc(C)c1-c1cccc(COc2ccc(C3CC3C(=O)O)s2)c1. The second-order valence-corrected chi connectivity index (χ2v) is 8.28. The first-order valence-corrected chi connectivity index (χ1v) is 9.95. The Labute approximate surface area is 163 Å². The molecule has 0 spiro atoms. The van der Waals surface area contributed by atoms with Crippen molar-refractivity contribution < 1.29 is 14.6 Å². The highest BCUT2D eigenvalue weighted by molar-refractivity contribution is 7.14. The summed E-state index contributed by atoms with van der Waals surface area (Å²) < 4.78 is 5.97. The second kappa shape index (κ2) is 7.20. The zero-order valence-corrected chi connectivity index (χ0v) is 16.3. The van der Waals surface area contributed by atoms with Crippen molar-refractivity contribution in [1.82, 2.24) is 0 Å². The van der Waals surface area contributed by atoms with Crippen molar-refractivity contribution in [1.29, 1.82) is 0 Å². The van der Waals surface area contributed by atoms with Gasteiger partial charge in [0.15, 0.2) is 5.06 Å². The number of carboxylic acids is 1. The molecule has 2 aromatic carbocycles. The molecule has 1 N–H and O–H groups in total. The van der Waals surface area contributed by atoms with E-state index in [1.54, 1.807) is 11.3 Å². The minimum atomic E-state index is -0.695. The zero-order valence-electron chi connectivity index (χ0n) is 15.4. The molecule has 1 fully saturated rings. The molecule has 0 aliphatic heterocycles. The van der Waals surface area contributed by atoms with Gasteiger partial charge in [0.2, 0.25) is 0 Å². The standard InChI is InChI=1S/C23H22O3S/c1-14-5-3-6-15(2)22(14)17-8-4-7-16(11-17)13-26-21-10-9-20(27-21)18-12-19(18)23(24)25/h3-11,18-19H,12-13H2,1-2H3,(H,24,25). The average Bonchev–Trinajstić information content (AvgIpc) is 3.32. The smallest absolute Gasteiger partial charge is 0.307 e. The number of rotatable bonds is 6. The molecule has 2 unspecified atom stereocenters. The molecule has 3 aromatic rings.